The van der Waals surface area contributed by atoms with E-state index in [2.05, 4.69) is 9.97 Å². The zero-order valence-corrected chi connectivity index (χ0v) is 11.1. The van der Waals surface area contributed by atoms with Crippen molar-refractivity contribution in [1.82, 2.24) is 14.5 Å². The lowest BCUT2D eigenvalue weighted by Crippen LogP contribution is -1.99. The third-order valence-electron chi connectivity index (χ3n) is 2.94. The van der Waals surface area contributed by atoms with E-state index in [1.807, 2.05) is 34.9 Å². The summed E-state index contributed by atoms with van der Waals surface area (Å²) < 4.78 is 7.12. The van der Waals surface area contributed by atoms with Crippen LogP contribution < -0.4 is 4.74 Å². The van der Waals surface area contributed by atoms with Crippen LogP contribution in [-0.2, 0) is 6.54 Å². The number of hydrogen-bond donors (Lipinski definition) is 0. The van der Waals surface area contributed by atoms with Gasteiger partial charge in [-0.3, -0.25) is 0 Å². The highest BCUT2D eigenvalue weighted by molar-refractivity contribution is 6.29. The number of imidazole rings is 1. The van der Waals surface area contributed by atoms with Gasteiger partial charge >= 0.3 is 0 Å². The number of ether oxygens (including phenoxy) is 1. The second-order valence-corrected chi connectivity index (χ2v) is 4.58. The standard InChI is InChI=1S/C14H12ClN3O/c1-19-11-4-2-10(3-5-11)8-18-9-16-12-6-7-13(15)17-14(12)18/h2-7,9H,8H2,1H3. The number of nitrogens with zero attached hydrogens (tertiary/aromatic N) is 3. The number of halogens is 1. The van der Waals surface area contributed by atoms with Gasteiger partial charge < -0.3 is 9.30 Å². The summed E-state index contributed by atoms with van der Waals surface area (Å²) in [6.07, 6.45) is 1.78. The lowest BCUT2D eigenvalue weighted by atomic mass is 10.2. The van der Waals surface area contributed by atoms with E-state index >= 15 is 0 Å². The maximum Gasteiger partial charge on any atom is 0.161 e. The Morgan fingerprint density at radius 1 is 1.16 bits per heavy atom. The number of benzene rings is 1. The molecule has 0 radical (unpaired) electrons. The van der Waals surface area contributed by atoms with Crippen LogP contribution >= 0.6 is 11.6 Å². The third-order valence-corrected chi connectivity index (χ3v) is 3.15. The number of rotatable bonds is 3. The maximum absolute atomic E-state index is 5.92. The molecule has 0 amide bonds. The average Bonchev–Trinajstić information content (AvgIpc) is 2.82. The molecule has 1 aromatic carbocycles. The van der Waals surface area contributed by atoms with Gasteiger partial charge in [0, 0.05) is 0 Å². The molecule has 3 rings (SSSR count). The van der Waals surface area contributed by atoms with Crippen molar-refractivity contribution in [2.75, 3.05) is 7.11 Å². The number of aromatic nitrogens is 3. The fourth-order valence-electron chi connectivity index (χ4n) is 1.96. The van der Waals surface area contributed by atoms with E-state index in [9.17, 15) is 0 Å². The summed E-state index contributed by atoms with van der Waals surface area (Å²) in [7, 11) is 1.66. The van der Waals surface area contributed by atoms with E-state index in [0.717, 1.165) is 22.5 Å². The summed E-state index contributed by atoms with van der Waals surface area (Å²) in [6, 6.07) is 11.5. The van der Waals surface area contributed by atoms with Gasteiger partial charge in [0.05, 0.1) is 20.0 Å². The molecule has 3 aromatic rings. The van der Waals surface area contributed by atoms with Gasteiger partial charge in [0.25, 0.3) is 0 Å². The van der Waals surface area contributed by atoms with Gasteiger partial charge in [-0.25, -0.2) is 9.97 Å². The fraction of sp³-hybridized carbons (Fsp3) is 0.143. The average molecular weight is 274 g/mol. The Morgan fingerprint density at radius 2 is 1.95 bits per heavy atom. The molecule has 0 spiro atoms. The molecule has 0 unspecified atom stereocenters. The van der Waals surface area contributed by atoms with Crippen molar-refractivity contribution in [1.29, 1.82) is 0 Å². The highest BCUT2D eigenvalue weighted by Gasteiger charge is 2.05. The first-order chi connectivity index (χ1) is 9.26. The largest absolute Gasteiger partial charge is 0.497 e. The summed E-state index contributed by atoms with van der Waals surface area (Å²) in [4.78, 5) is 8.61. The second-order valence-electron chi connectivity index (χ2n) is 4.20. The number of methoxy groups -OCH3 is 1. The molecule has 4 nitrogen and oxygen atoms in total. The van der Waals surface area contributed by atoms with Crippen LogP contribution in [0.1, 0.15) is 5.56 Å². The van der Waals surface area contributed by atoms with Gasteiger partial charge in [0.2, 0.25) is 0 Å². The van der Waals surface area contributed by atoms with Crippen molar-refractivity contribution in [2.45, 2.75) is 6.54 Å². The van der Waals surface area contributed by atoms with E-state index in [1.54, 1.807) is 19.5 Å². The molecule has 0 saturated heterocycles. The van der Waals surface area contributed by atoms with Crippen LogP contribution in [0.25, 0.3) is 11.2 Å². The molecule has 0 bridgehead atoms. The van der Waals surface area contributed by atoms with E-state index in [0.29, 0.717) is 11.7 Å². The Hall–Kier alpha value is -2.07. The molecule has 2 aromatic heterocycles. The lowest BCUT2D eigenvalue weighted by Gasteiger charge is -2.05. The number of fused-ring (bicyclic) bond motifs is 1. The molecule has 5 heteroatoms. The summed E-state index contributed by atoms with van der Waals surface area (Å²) in [5, 5.41) is 0.476. The second kappa shape index (κ2) is 4.90. The van der Waals surface area contributed by atoms with Crippen LogP contribution in [-0.4, -0.2) is 21.6 Å². The molecular weight excluding hydrogens is 262 g/mol. The van der Waals surface area contributed by atoms with Gasteiger partial charge in [0.1, 0.15) is 16.4 Å². The van der Waals surface area contributed by atoms with Crippen LogP contribution in [0.4, 0.5) is 0 Å². The quantitative estimate of drug-likeness (QED) is 0.688. The topological polar surface area (TPSA) is 39.9 Å². The predicted octanol–water partition coefficient (Wildman–Crippen LogP) is 3.14. The molecule has 0 saturated carbocycles. The van der Waals surface area contributed by atoms with E-state index < -0.39 is 0 Å². The van der Waals surface area contributed by atoms with E-state index in [1.165, 1.54) is 0 Å². The molecule has 0 N–H and O–H groups in total. The smallest absolute Gasteiger partial charge is 0.161 e. The fourth-order valence-corrected chi connectivity index (χ4v) is 2.10. The maximum atomic E-state index is 5.92. The van der Waals surface area contributed by atoms with Crippen molar-refractivity contribution in [3.63, 3.8) is 0 Å². The zero-order chi connectivity index (χ0) is 13.2. The molecule has 0 aliphatic heterocycles. The third kappa shape index (κ3) is 2.39. The molecular formula is C14H12ClN3O. The molecule has 2 heterocycles. The Labute approximate surface area is 115 Å². The van der Waals surface area contributed by atoms with Crippen LogP contribution in [0, 0.1) is 0 Å². The van der Waals surface area contributed by atoms with Gasteiger partial charge in [-0.15, -0.1) is 0 Å². The molecule has 19 heavy (non-hydrogen) atoms. The highest BCUT2D eigenvalue weighted by Crippen LogP contribution is 2.17. The van der Waals surface area contributed by atoms with Gasteiger partial charge in [-0.1, -0.05) is 23.7 Å². The van der Waals surface area contributed by atoms with E-state index in [-0.39, 0.29) is 0 Å². The first-order valence-corrected chi connectivity index (χ1v) is 6.24. The molecule has 0 aliphatic carbocycles. The van der Waals surface area contributed by atoms with Crippen molar-refractivity contribution in [3.05, 3.63) is 53.4 Å². The SMILES string of the molecule is COc1ccc(Cn2cnc3ccc(Cl)nc32)cc1. The minimum atomic E-state index is 0.476. The van der Waals surface area contributed by atoms with Crippen LogP contribution in [0.2, 0.25) is 5.15 Å². The summed E-state index contributed by atoms with van der Waals surface area (Å²) in [5.41, 5.74) is 2.79. The monoisotopic (exact) mass is 273 g/mol. The van der Waals surface area contributed by atoms with Crippen molar-refractivity contribution >= 4 is 22.8 Å². The summed E-state index contributed by atoms with van der Waals surface area (Å²) in [6.45, 7) is 0.702. The summed E-state index contributed by atoms with van der Waals surface area (Å²) >= 11 is 5.92. The molecule has 0 aliphatic rings. The normalized spacial score (nSPS) is 10.8. The zero-order valence-electron chi connectivity index (χ0n) is 10.4. The first-order valence-electron chi connectivity index (χ1n) is 5.86. The number of hydrogen-bond acceptors (Lipinski definition) is 3. The van der Waals surface area contributed by atoms with Crippen LogP contribution in [0.15, 0.2) is 42.7 Å². The minimum Gasteiger partial charge on any atom is -0.497 e. The molecule has 0 atom stereocenters. The van der Waals surface area contributed by atoms with Crippen molar-refractivity contribution < 1.29 is 4.74 Å². The van der Waals surface area contributed by atoms with Crippen LogP contribution in [0.3, 0.4) is 0 Å². The Balaban J connectivity index is 1.93. The Bertz CT molecular complexity index is 706. The first kappa shape index (κ1) is 12.0. The number of pyridine rings is 1. The van der Waals surface area contributed by atoms with Gasteiger partial charge in [0.15, 0.2) is 5.65 Å². The predicted molar refractivity (Wildman–Crippen MR) is 74.6 cm³/mol. The van der Waals surface area contributed by atoms with Crippen molar-refractivity contribution in [3.8, 4) is 5.75 Å². The summed E-state index contributed by atoms with van der Waals surface area (Å²) in [5.74, 6) is 0.848. The van der Waals surface area contributed by atoms with E-state index in [4.69, 9.17) is 16.3 Å². The van der Waals surface area contributed by atoms with Gasteiger partial charge in [-0.2, -0.15) is 0 Å². The van der Waals surface area contributed by atoms with Gasteiger partial charge in [-0.05, 0) is 29.8 Å². The van der Waals surface area contributed by atoms with Crippen molar-refractivity contribution in [2.24, 2.45) is 0 Å². The molecule has 96 valence electrons. The Morgan fingerprint density at radius 3 is 2.68 bits per heavy atom. The highest BCUT2D eigenvalue weighted by atomic mass is 35.5. The van der Waals surface area contributed by atoms with Crippen LogP contribution in [0.5, 0.6) is 5.75 Å². The minimum absolute atomic E-state index is 0.476. The molecule has 0 fully saturated rings. The lowest BCUT2D eigenvalue weighted by molar-refractivity contribution is 0.414. The Kier molecular flexibility index (Phi) is 3.09.